The second-order valence-electron chi connectivity index (χ2n) is 4.09. The number of sulfonamides is 1. The number of benzene rings is 1. The van der Waals surface area contributed by atoms with Gasteiger partial charge in [-0.3, -0.25) is 0 Å². The van der Waals surface area contributed by atoms with Crippen molar-refractivity contribution in [2.75, 3.05) is 13.1 Å². The van der Waals surface area contributed by atoms with Crippen molar-refractivity contribution in [2.45, 2.75) is 23.8 Å². The molecule has 1 aromatic rings. The molecule has 0 unspecified atom stereocenters. The molecule has 1 fully saturated rings. The molecule has 1 heterocycles. The molecule has 1 atom stereocenters. The van der Waals surface area contributed by atoms with Crippen LogP contribution in [-0.2, 0) is 10.0 Å². The molecule has 0 spiro atoms. The van der Waals surface area contributed by atoms with Crippen LogP contribution in [0.4, 0.5) is 0 Å². The van der Waals surface area contributed by atoms with Gasteiger partial charge in [-0.05, 0) is 47.4 Å². The Labute approximate surface area is 110 Å². The van der Waals surface area contributed by atoms with Crippen LogP contribution in [0.1, 0.15) is 12.8 Å². The standard InChI is InChI=1S/C11H15BrN2O2S/c12-10-5-1-2-6-11(10)17(15,16)14-9-4-3-7-13-8-9/h1-2,5-6,9,13-14H,3-4,7-8H2/t9-/m0/s1. The maximum absolute atomic E-state index is 12.2. The van der Waals surface area contributed by atoms with Crippen molar-refractivity contribution in [1.82, 2.24) is 10.0 Å². The van der Waals surface area contributed by atoms with Gasteiger partial charge in [-0.1, -0.05) is 12.1 Å². The molecular weight excluding hydrogens is 304 g/mol. The zero-order chi connectivity index (χ0) is 12.3. The molecule has 17 heavy (non-hydrogen) atoms. The smallest absolute Gasteiger partial charge is 0.241 e. The lowest BCUT2D eigenvalue weighted by molar-refractivity contribution is 0.428. The van der Waals surface area contributed by atoms with E-state index in [9.17, 15) is 8.42 Å². The first-order valence-electron chi connectivity index (χ1n) is 5.57. The van der Waals surface area contributed by atoms with Crippen molar-refractivity contribution >= 4 is 26.0 Å². The largest absolute Gasteiger partial charge is 0.315 e. The third-order valence-corrected chi connectivity index (χ3v) is 5.28. The molecule has 1 aliphatic heterocycles. The first kappa shape index (κ1) is 13.0. The van der Waals surface area contributed by atoms with Gasteiger partial charge in [-0.25, -0.2) is 13.1 Å². The Hall–Kier alpha value is -0.430. The topological polar surface area (TPSA) is 58.2 Å². The van der Waals surface area contributed by atoms with Crippen molar-refractivity contribution in [3.63, 3.8) is 0 Å². The van der Waals surface area contributed by atoms with E-state index in [4.69, 9.17) is 0 Å². The molecule has 0 saturated carbocycles. The summed E-state index contributed by atoms with van der Waals surface area (Å²) < 4.78 is 27.6. The van der Waals surface area contributed by atoms with E-state index < -0.39 is 10.0 Å². The Kier molecular flexibility index (Phi) is 4.19. The van der Waals surface area contributed by atoms with Gasteiger partial charge in [0, 0.05) is 17.1 Å². The molecule has 4 nitrogen and oxygen atoms in total. The molecule has 1 saturated heterocycles. The number of rotatable bonds is 3. The van der Waals surface area contributed by atoms with Gasteiger partial charge in [0.25, 0.3) is 0 Å². The van der Waals surface area contributed by atoms with Gasteiger partial charge in [-0.2, -0.15) is 0 Å². The zero-order valence-electron chi connectivity index (χ0n) is 9.32. The maximum Gasteiger partial charge on any atom is 0.241 e. The van der Waals surface area contributed by atoms with Gasteiger partial charge in [0.2, 0.25) is 10.0 Å². The van der Waals surface area contributed by atoms with Crippen LogP contribution in [0.15, 0.2) is 33.6 Å². The lowest BCUT2D eigenvalue weighted by Crippen LogP contribution is -2.45. The second-order valence-corrected chi connectivity index (χ2v) is 6.63. The molecule has 0 bridgehead atoms. The lowest BCUT2D eigenvalue weighted by Gasteiger charge is -2.23. The molecule has 2 N–H and O–H groups in total. The van der Waals surface area contributed by atoms with Crippen LogP contribution in [0.5, 0.6) is 0 Å². The monoisotopic (exact) mass is 318 g/mol. The molecule has 94 valence electrons. The fourth-order valence-electron chi connectivity index (χ4n) is 1.90. The molecule has 6 heteroatoms. The second kappa shape index (κ2) is 5.48. The van der Waals surface area contributed by atoms with Crippen molar-refractivity contribution in [3.05, 3.63) is 28.7 Å². The average Bonchev–Trinajstić information content (AvgIpc) is 2.30. The highest BCUT2D eigenvalue weighted by molar-refractivity contribution is 9.10. The van der Waals surface area contributed by atoms with Crippen LogP contribution in [0, 0.1) is 0 Å². The predicted molar refractivity (Wildman–Crippen MR) is 70.4 cm³/mol. The van der Waals surface area contributed by atoms with E-state index in [1.807, 2.05) is 0 Å². The predicted octanol–water partition coefficient (Wildman–Crippen LogP) is 1.48. The van der Waals surface area contributed by atoms with E-state index in [1.54, 1.807) is 24.3 Å². The number of hydrogen-bond donors (Lipinski definition) is 2. The van der Waals surface area contributed by atoms with Crippen LogP contribution in [0.2, 0.25) is 0 Å². The Morgan fingerprint density at radius 2 is 2.12 bits per heavy atom. The summed E-state index contributed by atoms with van der Waals surface area (Å²) in [7, 11) is -3.43. The summed E-state index contributed by atoms with van der Waals surface area (Å²) in [4.78, 5) is 0.297. The van der Waals surface area contributed by atoms with E-state index in [0.29, 0.717) is 15.9 Å². The number of hydrogen-bond acceptors (Lipinski definition) is 3. The van der Waals surface area contributed by atoms with Crippen molar-refractivity contribution in [1.29, 1.82) is 0 Å². The highest BCUT2D eigenvalue weighted by Crippen LogP contribution is 2.21. The summed E-state index contributed by atoms with van der Waals surface area (Å²) >= 11 is 3.26. The summed E-state index contributed by atoms with van der Waals surface area (Å²) in [5.74, 6) is 0. The minimum atomic E-state index is -3.43. The van der Waals surface area contributed by atoms with Gasteiger partial charge in [-0.15, -0.1) is 0 Å². The van der Waals surface area contributed by atoms with Crippen molar-refractivity contribution in [2.24, 2.45) is 0 Å². The quantitative estimate of drug-likeness (QED) is 0.887. The Balaban J connectivity index is 2.16. The van der Waals surface area contributed by atoms with E-state index in [-0.39, 0.29) is 6.04 Å². The van der Waals surface area contributed by atoms with Crippen LogP contribution in [0.3, 0.4) is 0 Å². The van der Waals surface area contributed by atoms with Crippen molar-refractivity contribution in [3.8, 4) is 0 Å². The van der Waals surface area contributed by atoms with E-state index in [0.717, 1.165) is 19.4 Å². The van der Waals surface area contributed by atoms with Gasteiger partial charge in [0.15, 0.2) is 0 Å². The molecule has 1 aliphatic rings. The third kappa shape index (κ3) is 3.28. The zero-order valence-corrected chi connectivity index (χ0v) is 11.7. The Morgan fingerprint density at radius 3 is 2.76 bits per heavy atom. The highest BCUT2D eigenvalue weighted by Gasteiger charge is 2.22. The van der Waals surface area contributed by atoms with Crippen LogP contribution in [0.25, 0.3) is 0 Å². The Morgan fingerprint density at radius 1 is 1.35 bits per heavy atom. The van der Waals surface area contributed by atoms with Crippen LogP contribution in [-0.4, -0.2) is 27.5 Å². The molecule has 0 aliphatic carbocycles. The summed E-state index contributed by atoms with van der Waals surface area (Å²) in [5, 5.41) is 3.18. The Bertz CT molecular complexity index is 484. The number of halogens is 1. The van der Waals surface area contributed by atoms with E-state index in [1.165, 1.54) is 0 Å². The van der Waals surface area contributed by atoms with Gasteiger partial charge in [0.1, 0.15) is 0 Å². The SMILES string of the molecule is O=S(=O)(N[C@H]1CCCNC1)c1ccccc1Br. The molecule has 2 rings (SSSR count). The molecule has 0 aromatic heterocycles. The first-order chi connectivity index (χ1) is 8.09. The molecular formula is C11H15BrN2O2S. The third-order valence-electron chi connectivity index (χ3n) is 2.74. The van der Waals surface area contributed by atoms with Crippen LogP contribution >= 0.6 is 15.9 Å². The van der Waals surface area contributed by atoms with Gasteiger partial charge < -0.3 is 5.32 Å². The van der Waals surface area contributed by atoms with Gasteiger partial charge >= 0.3 is 0 Å². The highest BCUT2D eigenvalue weighted by atomic mass is 79.9. The maximum atomic E-state index is 12.2. The normalized spacial score (nSPS) is 21.4. The summed E-state index contributed by atoms with van der Waals surface area (Å²) in [5.41, 5.74) is 0. The molecule has 0 radical (unpaired) electrons. The number of nitrogens with one attached hydrogen (secondary N) is 2. The molecule has 1 aromatic carbocycles. The summed E-state index contributed by atoms with van der Waals surface area (Å²) in [6.45, 7) is 1.66. The van der Waals surface area contributed by atoms with Crippen LogP contribution < -0.4 is 10.0 Å². The van der Waals surface area contributed by atoms with E-state index >= 15 is 0 Å². The summed E-state index contributed by atoms with van der Waals surface area (Å²) in [6.07, 6.45) is 1.89. The number of piperidine rings is 1. The van der Waals surface area contributed by atoms with E-state index in [2.05, 4.69) is 26.0 Å². The fourth-order valence-corrected chi connectivity index (χ4v) is 4.17. The molecule has 0 amide bonds. The minimum absolute atomic E-state index is 0.0131. The van der Waals surface area contributed by atoms with Gasteiger partial charge in [0.05, 0.1) is 4.90 Å². The lowest BCUT2D eigenvalue weighted by atomic mass is 10.1. The summed E-state index contributed by atoms with van der Waals surface area (Å²) in [6, 6.07) is 6.83. The minimum Gasteiger partial charge on any atom is -0.315 e. The van der Waals surface area contributed by atoms with Crippen molar-refractivity contribution < 1.29 is 8.42 Å². The fraction of sp³-hybridized carbons (Fsp3) is 0.455. The average molecular weight is 319 g/mol. The first-order valence-corrected chi connectivity index (χ1v) is 7.85.